The molecule has 0 unspecified atom stereocenters. The summed E-state index contributed by atoms with van der Waals surface area (Å²) in [6, 6.07) is 6.42. The van der Waals surface area contributed by atoms with E-state index in [0.717, 1.165) is 0 Å². The second-order valence-corrected chi connectivity index (χ2v) is 4.66. The molecule has 0 aromatic heterocycles. The maximum Gasteiger partial charge on any atom is 0.335 e. The van der Waals surface area contributed by atoms with E-state index in [1.807, 2.05) is 0 Å². The predicted octanol–water partition coefficient (Wildman–Crippen LogP) is 0.276. The van der Waals surface area contributed by atoms with Gasteiger partial charge in [-0.1, -0.05) is 18.2 Å². The molecule has 1 aromatic carbocycles. The molecule has 6 nitrogen and oxygen atoms in total. The van der Waals surface area contributed by atoms with E-state index in [4.69, 9.17) is 5.11 Å². The molecule has 20 heavy (non-hydrogen) atoms. The zero-order valence-electron chi connectivity index (χ0n) is 11.0. The van der Waals surface area contributed by atoms with Crippen LogP contribution < -0.4 is 5.32 Å². The summed E-state index contributed by atoms with van der Waals surface area (Å²) < 4.78 is 0. The van der Waals surface area contributed by atoms with Crippen molar-refractivity contribution in [3.05, 3.63) is 35.4 Å². The van der Waals surface area contributed by atoms with Crippen molar-refractivity contribution in [1.82, 2.24) is 10.2 Å². The summed E-state index contributed by atoms with van der Waals surface area (Å²) in [5.74, 6) is -1.46. The molecule has 1 aliphatic rings. The van der Waals surface area contributed by atoms with Crippen molar-refractivity contribution in [3.8, 4) is 0 Å². The summed E-state index contributed by atoms with van der Waals surface area (Å²) >= 11 is 0. The third-order valence-corrected chi connectivity index (χ3v) is 3.20. The zero-order chi connectivity index (χ0) is 14.5. The van der Waals surface area contributed by atoms with Crippen molar-refractivity contribution in [3.63, 3.8) is 0 Å². The van der Waals surface area contributed by atoms with E-state index in [1.54, 1.807) is 18.2 Å². The molecular weight excluding hydrogens is 260 g/mol. The number of nitrogens with one attached hydrogen (secondary N) is 1. The number of carboxylic acids is 1. The summed E-state index contributed by atoms with van der Waals surface area (Å²) in [6.45, 7) is 1.11. The van der Waals surface area contributed by atoms with Crippen LogP contribution in [0.3, 0.4) is 0 Å². The second-order valence-electron chi connectivity index (χ2n) is 4.66. The molecule has 0 spiro atoms. The number of hydrogen-bond acceptors (Lipinski definition) is 3. The average Bonchev–Trinajstić information content (AvgIpc) is 2.64. The fourth-order valence-corrected chi connectivity index (χ4v) is 2.18. The predicted molar refractivity (Wildman–Crippen MR) is 71.3 cm³/mol. The van der Waals surface area contributed by atoms with Gasteiger partial charge in [-0.15, -0.1) is 0 Å². The quantitative estimate of drug-likeness (QED) is 0.830. The van der Waals surface area contributed by atoms with E-state index in [0.29, 0.717) is 25.1 Å². The normalized spacial score (nSPS) is 15.4. The number of hydrogen-bond donors (Lipinski definition) is 2. The third-order valence-electron chi connectivity index (χ3n) is 3.20. The Labute approximate surface area is 116 Å². The van der Waals surface area contributed by atoms with Crippen LogP contribution in [0.4, 0.5) is 0 Å². The van der Waals surface area contributed by atoms with Gasteiger partial charge in [-0.05, 0) is 18.1 Å². The van der Waals surface area contributed by atoms with Crippen molar-refractivity contribution in [1.29, 1.82) is 0 Å². The van der Waals surface area contributed by atoms with Crippen LogP contribution in [-0.4, -0.2) is 47.4 Å². The molecule has 1 aliphatic heterocycles. The molecular formula is C14H16N2O4. The highest BCUT2D eigenvalue weighted by molar-refractivity contribution is 5.92. The van der Waals surface area contributed by atoms with Crippen molar-refractivity contribution >= 4 is 17.8 Å². The maximum atomic E-state index is 12.2. The van der Waals surface area contributed by atoms with Gasteiger partial charge in [0.1, 0.15) is 0 Å². The molecule has 2 amide bonds. The first kappa shape index (κ1) is 14.0. The number of carboxylic acid groups (broad SMARTS) is 1. The van der Waals surface area contributed by atoms with Crippen LogP contribution in [0.2, 0.25) is 0 Å². The smallest absolute Gasteiger partial charge is 0.335 e. The maximum absolute atomic E-state index is 12.2. The number of aromatic carboxylic acids is 1. The Kier molecular flexibility index (Phi) is 4.34. The Morgan fingerprint density at radius 1 is 1.30 bits per heavy atom. The van der Waals surface area contributed by atoms with Gasteiger partial charge in [0, 0.05) is 13.1 Å². The summed E-state index contributed by atoms with van der Waals surface area (Å²) in [6.07, 6.45) is 0.702. The average molecular weight is 276 g/mol. The SMILES string of the molecule is O=C1CN(C(=O)Cc2ccccc2C(=O)O)CCCN1. The molecule has 2 rings (SSSR count). The van der Waals surface area contributed by atoms with Gasteiger partial charge >= 0.3 is 5.97 Å². The largest absolute Gasteiger partial charge is 0.478 e. The highest BCUT2D eigenvalue weighted by Gasteiger charge is 2.21. The van der Waals surface area contributed by atoms with Gasteiger partial charge in [0.2, 0.25) is 11.8 Å². The molecule has 1 saturated heterocycles. The van der Waals surface area contributed by atoms with Crippen LogP contribution in [0.5, 0.6) is 0 Å². The second kappa shape index (κ2) is 6.18. The number of benzene rings is 1. The molecule has 1 fully saturated rings. The van der Waals surface area contributed by atoms with E-state index in [2.05, 4.69) is 5.32 Å². The Morgan fingerprint density at radius 3 is 2.80 bits per heavy atom. The van der Waals surface area contributed by atoms with Crippen LogP contribution in [0.15, 0.2) is 24.3 Å². The molecule has 6 heteroatoms. The molecule has 0 saturated carbocycles. The van der Waals surface area contributed by atoms with E-state index >= 15 is 0 Å². The minimum atomic E-state index is -1.05. The summed E-state index contributed by atoms with van der Waals surface area (Å²) in [7, 11) is 0. The Bertz CT molecular complexity index is 542. The summed E-state index contributed by atoms with van der Waals surface area (Å²) in [4.78, 5) is 36.2. The monoisotopic (exact) mass is 276 g/mol. The van der Waals surface area contributed by atoms with Crippen molar-refractivity contribution in [2.24, 2.45) is 0 Å². The van der Waals surface area contributed by atoms with Crippen molar-refractivity contribution in [2.75, 3.05) is 19.6 Å². The standard InChI is InChI=1S/C14H16N2O4/c17-12-9-16(7-3-6-15-12)13(18)8-10-4-1-2-5-11(10)14(19)20/h1-2,4-5H,3,6-9H2,(H,15,17)(H,19,20). The first-order chi connectivity index (χ1) is 9.58. The molecule has 0 atom stereocenters. The van der Waals surface area contributed by atoms with Crippen LogP contribution in [0, 0.1) is 0 Å². The third kappa shape index (κ3) is 3.34. The van der Waals surface area contributed by atoms with Crippen LogP contribution in [0.1, 0.15) is 22.3 Å². The van der Waals surface area contributed by atoms with Gasteiger partial charge in [-0.2, -0.15) is 0 Å². The fraction of sp³-hybridized carbons (Fsp3) is 0.357. The fourth-order valence-electron chi connectivity index (χ4n) is 2.18. The van der Waals surface area contributed by atoms with Gasteiger partial charge in [-0.25, -0.2) is 4.79 Å². The molecule has 1 aromatic rings. The van der Waals surface area contributed by atoms with E-state index in [-0.39, 0.29) is 30.3 Å². The minimum Gasteiger partial charge on any atom is -0.478 e. The van der Waals surface area contributed by atoms with Crippen LogP contribution >= 0.6 is 0 Å². The van der Waals surface area contributed by atoms with E-state index < -0.39 is 5.97 Å². The first-order valence-electron chi connectivity index (χ1n) is 6.43. The number of nitrogens with zero attached hydrogens (tertiary/aromatic N) is 1. The molecule has 0 radical (unpaired) electrons. The lowest BCUT2D eigenvalue weighted by atomic mass is 10.0. The topological polar surface area (TPSA) is 86.7 Å². The van der Waals surface area contributed by atoms with E-state index in [1.165, 1.54) is 11.0 Å². The van der Waals surface area contributed by atoms with Gasteiger partial charge in [0.25, 0.3) is 0 Å². The van der Waals surface area contributed by atoms with Crippen molar-refractivity contribution in [2.45, 2.75) is 12.8 Å². The number of rotatable bonds is 3. The van der Waals surface area contributed by atoms with Crippen LogP contribution in [0.25, 0.3) is 0 Å². The number of carbonyl (C=O) groups is 3. The van der Waals surface area contributed by atoms with Crippen LogP contribution in [-0.2, 0) is 16.0 Å². The molecule has 1 heterocycles. The lowest BCUT2D eigenvalue weighted by molar-refractivity contribution is -0.134. The molecule has 0 bridgehead atoms. The van der Waals surface area contributed by atoms with E-state index in [9.17, 15) is 14.4 Å². The Hall–Kier alpha value is -2.37. The molecule has 2 N–H and O–H groups in total. The molecule has 0 aliphatic carbocycles. The highest BCUT2D eigenvalue weighted by atomic mass is 16.4. The molecule has 106 valence electrons. The van der Waals surface area contributed by atoms with Gasteiger partial charge < -0.3 is 15.3 Å². The minimum absolute atomic E-state index is 0.00421. The summed E-state index contributed by atoms with van der Waals surface area (Å²) in [5.41, 5.74) is 0.592. The zero-order valence-corrected chi connectivity index (χ0v) is 11.0. The lowest BCUT2D eigenvalue weighted by Gasteiger charge is -2.19. The lowest BCUT2D eigenvalue weighted by Crippen LogP contribution is -2.38. The first-order valence-corrected chi connectivity index (χ1v) is 6.43. The Balaban J connectivity index is 2.11. The van der Waals surface area contributed by atoms with Crippen molar-refractivity contribution < 1.29 is 19.5 Å². The van der Waals surface area contributed by atoms with Gasteiger partial charge in [-0.3, -0.25) is 9.59 Å². The highest BCUT2D eigenvalue weighted by Crippen LogP contribution is 2.11. The summed E-state index contributed by atoms with van der Waals surface area (Å²) in [5, 5.41) is 11.8. The Morgan fingerprint density at radius 2 is 2.05 bits per heavy atom. The van der Waals surface area contributed by atoms with Gasteiger partial charge in [0.15, 0.2) is 0 Å². The number of carbonyl (C=O) groups excluding carboxylic acids is 2. The van der Waals surface area contributed by atoms with Gasteiger partial charge in [0.05, 0.1) is 18.5 Å². The number of amides is 2.